The Morgan fingerprint density at radius 1 is 1.24 bits per heavy atom. The van der Waals surface area contributed by atoms with Gasteiger partial charge in [-0.1, -0.05) is 71.6 Å². The first-order valence-electron chi connectivity index (χ1n) is 7.10. The molecule has 0 fully saturated rings. The zero-order valence-corrected chi connectivity index (χ0v) is 13.5. The van der Waals surface area contributed by atoms with Crippen molar-refractivity contribution in [3.63, 3.8) is 0 Å². The van der Waals surface area contributed by atoms with Gasteiger partial charge in [0, 0.05) is 12.2 Å². The van der Waals surface area contributed by atoms with Gasteiger partial charge in [-0.2, -0.15) is 5.26 Å². The SMILES string of the molecule is C=CC#N.C=CC(=O)OCC(CC)CCCC.C=CC=C. The molecule has 0 saturated heterocycles. The fourth-order valence-corrected chi connectivity index (χ4v) is 1.16. The molecule has 0 amide bonds. The van der Waals surface area contributed by atoms with E-state index in [0.29, 0.717) is 12.5 Å². The van der Waals surface area contributed by atoms with Crippen LogP contribution >= 0.6 is 0 Å². The van der Waals surface area contributed by atoms with Crippen LogP contribution in [0.25, 0.3) is 0 Å². The summed E-state index contributed by atoms with van der Waals surface area (Å²) in [6, 6.07) is 1.69. The number of rotatable bonds is 8. The van der Waals surface area contributed by atoms with Crippen LogP contribution in [0, 0.1) is 17.2 Å². The van der Waals surface area contributed by atoms with Gasteiger partial charge in [-0.05, 0) is 12.3 Å². The van der Waals surface area contributed by atoms with Crippen LogP contribution in [-0.4, -0.2) is 12.6 Å². The summed E-state index contributed by atoms with van der Waals surface area (Å²) in [6.45, 7) is 18.0. The minimum Gasteiger partial charge on any atom is -0.462 e. The average molecular weight is 291 g/mol. The minimum absolute atomic E-state index is 0.310. The molecule has 118 valence electrons. The van der Waals surface area contributed by atoms with E-state index in [1.165, 1.54) is 25.0 Å². The first-order chi connectivity index (χ1) is 10.1. The second-order valence-electron chi connectivity index (χ2n) is 4.06. The Labute approximate surface area is 130 Å². The molecule has 1 unspecified atom stereocenters. The second kappa shape index (κ2) is 23.0. The Morgan fingerprint density at radius 2 is 1.76 bits per heavy atom. The third-order valence-electron chi connectivity index (χ3n) is 2.43. The van der Waals surface area contributed by atoms with E-state index in [-0.39, 0.29) is 5.97 Å². The largest absolute Gasteiger partial charge is 0.462 e. The molecule has 0 bridgehead atoms. The van der Waals surface area contributed by atoms with Gasteiger partial charge < -0.3 is 4.74 Å². The van der Waals surface area contributed by atoms with Gasteiger partial charge in [0.1, 0.15) is 0 Å². The molecule has 3 nitrogen and oxygen atoms in total. The molecule has 3 heteroatoms. The summed E-state index contributed by atoms with van der Waals surface area (Å²) < 4.78 is 4.98. The van der Waals surface area contributed by atoms with Gasteiger partial charge in [-0.25, -0.2) is 4.79 Å². The van der Waals surface area contributed by atoms with Crippen LogP contribution < -0.4 is 0 Å². The van der Waals surface area contributed by atoms with E-state index in [1.807, 2.05) is 0 Å². The first kappa shape index (κ1) is 24.0. The normalized spacial score (nSPS) is 9.19. The smallest absolute Gasteiger partial charge is 0.330 e. The van der Waals surface area contributed by atoms with E-state index in [2.05, 4.69) is 40.2 Å². The molecular weight excluding hydrogens is 262 g/mol. The highest BCUT2D eigenvalue weighted by atomic mass is 16.5. The standard InChI is InChI=1S/C11H20O2.C4H6.C3H3N/c1-4-7-8-10(5-2)9-13-11(12)6-3;1-3-4-2;1-2-3-4/h6,10H,3-5,7-9H2,1-2H3;3-4H,1-2H2;2H,1H2. The Balaban J connectivity index is -0.000000334. The Morgan fingerprint density at radius 3 is 2.05 bits per heavy atom. The number of carbonyl (C=O) groups excluding carboxylic acids is 1. The molecule has 0 aromatic heterocycles. The lowest BCUT2D eigenvalue weighted by molar-refractivity contribution is -0.139. The molecule has 0 spiro atoms. The van der Waals surface area contributed by atoms with Crippen molar-refractivity contribution in [1.82, 2.24) is 0 Å². The van der Waals surface area contributed by atoms with Gasteiger partial charge in [0.05, 0.1) is 12.7 Å². The minimum atomic E-state index is -0.310. The highest BCUT2D eigenvalue weighted by molar-refractivity contribution is 5.81. The monoisotopic (exact) mass is 291 g/mol. The molecule has 21 heavy (non-hydrogen) atoms. The molecule has 0 heterocycles. The van der Waals surface area contributed by atoms with Crippen molar-refractivity contribution in [2.75, 3.05) is 6.61 Å². The number of nitrogens with zero attached hydrogens (tertiary/aromatic N) is 1. The highest BCUT2D eigenvalue weighted by Gasteiger charge is 2.07. The number of carbonyl (C=O) groups is 1. The van der Waals surface area contributed by atoms with Crippen LogP contribution in [0.2, 0.25) is 0 Å². The van der Waals surface area contributed by atoms with Crippen molar-refractivity contribution in [2.24, 2.45) is 5.92 Å². The third kappa shape index (κ3) is 27.2. The summed E-state index contributed by atoms with van der Waals surface area (Å²) in [5.41, 5.74) is 0. The number of esters is 1. The zero-order valence-electron chi connectivity index (χ0n) is 13.5. The molecule has 0 aliphatic carbocycles. The number of hydrogen-bond acceptors (Lipinski definition) is 3. The lowest BCUT2D eigenvalue weighted by atomic mass is 10.0. The van der Waals surface area contributed by atoms with E-state index in [4.69, 9.17) is 10.00 Å². The number of allylic oxidation sites excluding steroid dienone is 3. The maximum Gasteiger partial charge on any atom is 0.330 e. The molecule has 0 N–H and O–H groups in total. The molecule has 0 aliphatic heterocycles. The molecule has 0 radical (unpaired) electrons. The molecule has 0 aliphatic rings. The lowest BCUT2D eigenvalue weighted by Crippen LogP contribution is -2.12. The molecule has 0 saturated carbocycles. The second-order valence-corrected chi connectivity index (χ2v) is 4.06. The predicted molar refractivity (Wildman–Crippen MR) is 90.7 cm³/mol. The quantitative estimate of drug-likeness (QED) is 0.274. The van der Waals surface area contributed by atoms with Crippen molar-refractivity contribution in [1.29, 1.82) is 5.26 Å². The van der Waals surface area contributed by atoms with Crippen molar-refractivity contribution in [2.45, 2.75) is 39.5 Å². The Hall–Kier alpha value is -2.08. The number of unbranched alkanes of at least 4 members (excludes halogenated alkanes) is 1. The first-order valence-corrected chi connectivity index (χ1v) is 7.10. The topological polar surface area (TPSA) is 50.1 Å². The van der Waals surface area contributed by atoms with E-state index < -0.39 is 0 Å². The van der Waals surface area contributed by atoms with Crippen LogP contribution in [-0.2, 0) is 9.53 Å². The van der Waals surface area contributed by atoms with Gasteiger partial charge in [0.25, 0.3) is 0 Å². The van der Waals surface area contributed by atoms with Crippen LogP contribution in [0.4, 0.5) is 0 Å². The van der Waals surface area contributed by atoms with E-state index >= 15 is 0 Å². The van der Waals surface area contributed by atoms with E-state index in [1.54, 1.807) is 18.2 Å². The lowest BCUT2D eigenvalue weighted by Gasteiger charge is -2.13. The average Bonchev–Trinajstić information content (AvgIpc) is 2.55. The fourth-order valence-electron chi connectivity index (χ4n) is 1.16. The summed E-state index contributed by atoms with van der Waals surface area (Å²) in [5.74, 6) is 0.207. The van der Waals surface area contributed by atoms with Gasteiger partial charge in [-0.15, -0.1) is 0 Å². The maximum atomic E-state index is 10.8. The van der Waals surface area contributed by atoms with E-state index in [9.17, 15) is 4.79 Å². The number of ether oxygens (including phenoxy) is 1. The fraction of sp³-hybridized carbons (Fsp3) is 0.444. The van der Waals surface area contributed by atoms with Crippen LogP contribution in [0.15, 0.2) is 50.6 Å². The number of hydrogen-bond donors (Lipinski definition) is 0. The molecular formula is C18H29NO2. The third-order valence-corrected chi connectivity index (χ3v) is 2.43. The van der Waals surface area contributed by atoms with Crippen LogP contribution in [0.5, 0.6) is 0 Å². The highest BCUT2D eigenvalue weighted by Crippen LogP contribution is 2.12. The Kier molecular flexibility index (Phi) is 26.3. The summed E-state index contributed by atoms with van der Waals surface area (Å²) in [6.07, 6.45) is 10.3. The van der Waals surface area contributed by atoms with Crippen LogP contribution in [0.1, 0.15) is 39.5 Å². The molecule has 0 aromatic carbocycles. The molecule has 0 rings (SSSR count). The summed E-state index contributed by atoms with van der Waals surface area (Å²) in [7, 11) is 0. The van der Waals surface area contributed by atoms with Gasteiger partial charge in [0.15, 0.2) is 0 Å². The predicted octanol–water partition coefficient (Wildman–Crippen LogP) is 4.99. The zero-order chi connectivity index (χ0) is 16.9. The summed E-state index contributed by atoms with van der Waals surface area (Å²) in [4.78, 5) is 10.8. The van der Waals surface area contributed by atoms with Crippen LogP contribution in [0.3, 0.4) is 0 Å². The van der Waals surface area contributed by atoms with Crippen molar-refractivity contribution in [3.8, 4) is 6.07 Å². The van der Waals surface area contributed by atoms with Gasteiger partial charge in [0.2, 0.25) is 0 Å². The van der Waals surface area contributed by atoms with Gasteiger partial charge >= 0.3 is 5.97 Å². The Bertz CT molecular complexity index is 321. The van der Waals surface area contributed by atoms with E-state index in [0.717, 1.165) is 12.8 Å². The molecule has 0 aromatic rings. The van der Waals surface area contributed by atoms with Crippen molar-refractivity contribution < 1.29 is 9.53 Å². The maximum absolute atomic E-state index is 10.8. The summed E-state index contributed by atoms with van der Waals surface area (Å²) in [5, 5.41) is 7.51. The van der Waals surface area contributed by atoms with Crippen molar-refractivity contribution >= 4 is 5.97 Å². The summed E-state index contributed by atoms with van der Waals surface area (Å²) >= 11 is 0. The number of nitriles is 1. The van der Waals surface area contributed by atoms with Gasteiger partial charge in [-0.3, -0.25) is 0 Å². The molecule has 1 atom stereocenters. The van der Waals surface area contributed by atoms with Crippen molar-refractivity contribution in [3.05, 3.63) is 50.6 Å².